The van der Waals surface area contributed by atoms with Crippen LogP contribution < -0.4 is 5.56 Å². The molecule has 3 heterocycles. The van der Waals surface area contributed by atoms with E-state index in [0.717, 1.165) is 21.2 Å². The van der Waals surface area contributed by atoms with Gasteiger partial charge in [0.05, 0.1) is 15.8 Å². The van der Waals surface area contributed by atoms with Gasteiger partial charge in [-0.05, 0) is 23.1 Å². The van der Waals surface area contributed by atoms with Gasteiger partial charge >= 0.3 is 5.97 Å². The molecule has 0 radical (unpaired) electrons. The number of aromatic carboxylic acids is 1. The zero-order chi connectivity index (χ0) is 16.0. The Hall–Kier alpha value is -2.92. The van der Waals surface area contributed by atoms with Crippen molar-refractivity contribution in [1.82, 2.24) is 4.40 Å². The molecule has 1 N–H and O–H groups in total. The Morgan fingerprint density at radius 2 is 1.83 bits per heavy atom. The molecule has 1 aromatic carbocycles. The highest BCUT2D eigenvalue weighted by atomic mass is 32.1. The summed E-state index contributed by atoms with van der Waals surface area (Å²) in [6.45, 7) is 0. The van der Waals surface area contributed by atoms with E-state index in [0.29, 0.717) is 5.52 Å². The van der Waals surface area contributed by atoms with E-state index in [-0.39, 0.29) is 11.1 Å². The molecule has 0 aliphatic carbocycles. The molecule has 0 saturated carbocycles. The number of carbonyl (C=O) groups is 1. The first-order valence-electron chi connectivity index (χ1n) is 7.01. The van der Waals surface area contributed by atoms with Crippen LogP contribution in [0.15, 0.2) is 64.9 Å². The molecule has 0 atom stereocenters. The van der Waals surface area contributed by atoms with Gasteiger partial charge in [0.2, 0.25) is 0 Å². The third kappa shape index (κ3) is 2.05. The van der Waals surface area contributed by atoms with Crippen molar-refractivity contribution < 1.29 is 9.90 Å². The average molecular weight is 321 g/mol. The first-order chi connectivity index (χ1) is 11.2. The summed E-state index contributed by atoms with van der Waals surface area (Å²) in [4.78, 5) is 23.6. The fraction of sp³-hybridized carbons (Fsp3) is 0. The van der Waals surface area contributed by atoms with Crippen LogP contribution in [0.5, 0.6) is 0 Å². The molecule has 5 heteroatoms. The second-order valence-electron chi connectivity index (χ2n) is 5.18. The normalized spacial score (nSPS) is 11.1. The largest absolute Gasteiger partial charge is 0.478 e. The van der Waals surface area contributed by atoms with Crippen molar-refractivity contribution in [2.45, 2.75) is 0 Å². The van der Waals surface area contributed by atoms with Crippen molar-refractivity contribution in [1.29, 1.82) is 0 Å². The van der Waals surface area contributed by atoms with E-state index < -0.39 is 5.97 Å². The molecule has 112 valence electrons. The first kappa shape index (κ1) is 13.7. The van der Waals surface area contributed by atoms with Gasteiger partial charge in [0.15, 0.2) is 0 Å². The zero-order valence-electron chi connectivity index (χ0n) is 11.9. The van der Waals surface area contributed by atoms with Gasteiger partial charge in [-0.2, -0.15) is 0 Å². The van der Waals surface area contributed by atoms with Gasteiger partial charge in [0.25, 0.3) is 5.56 Å². The molecule has 0 bridgehead atoms. The van der Waals surface area contributed by atoms with Crippen molar-refractivity contribution in [3.8, 4) is 11.1 Å². The minimum atomic E-state index is -1.04. The van der Waals surface area contributed by atoms with E-state index in [1.807, 2.05) is 41.8 Å². The highest BCUT2D eigenvalue weighted by Gasteiger charge is 2.16. The number of rotatable bonds is 2. The summed E-state index contributed by atoms with van der Waals surface area (Å²) in [6.07, 6.45) is 1.64. The monoisotopic (exact) mass is 321 g/mol. The van der Waals surface area contributed by atoms with Gasteiger partial charge in [0, 0.05) is 23.2 Å². The van der Waals surface area contributed by atoms with E-state index in [1.54, 1.807) is 6.20 Å². The second kappa shape index (κ2) is 5.07. The summed E-state index contributed by atoms with van der Waals surface area (Å²) in [5.41, 5.74) is 2.46. The number of aromatic nitrogens is 1. The summed E-state index contributed by atoms with van der Waals surface area (Å²) in [5.74, 6) is -1.04. The first-order valence-corrected chi connectivity index (χ1v) is 7.89. The molecule has 23 heavy (non-hydrogen) atoms. The molecule has 0 saturated heterocycles. The lowest BCUT2D eigenvalue weighted by Crippen LogP contribution is -2.15. The Balaban J connectivity index is 2.15. The third-order valence-corrected chi connectivity index (χ3v) is 4.88. The number of hydrogen-bond acceptors (Lipinski definition) is 3. The molecule has 0 aliphatic heterocycles. The van der Waals surface area contributed by atoms with Gasteiger partial charge < -0.3 is 5.11 Å². The zero-order valence-corrected chi connectivity index (χ0v) is 12.7. The van der Waals surface area contributed by atoms with E-state index in [2.05, 4.69) is 0 Å². The fourth-order valence-corrected chi connectivity index (χ4v) is 3.94. The molecule has 0 amide bonds. The highest BCUT2D eigenvalue weighted by Crippen LogP contribution is 2.36. The van der Waals surface area contributed by atoms with E-state index in [4.69, 9.17) is 0 Å². The number of hydrogen-bond donors (Lipinski definition) is 1. The highest BCUT2D eigenvalue weighted by molar-refractivity contribution is 7.18. The van der Waals surface area contributed by atoms with Crippen LogP contribution in [-0.2, 0) is 0 Å². The van der Waals surface area contributed by atoms with Crippen LogP contribution in [0.2, 0.25) is 0 Å². The Bertz CT molecular complexity index is 1110. The number of benzene rings is 1. The molecule has 0 fully saturated rings. The van der Waals surface area contributed by atoms with Gasteiger partial charge in [-0.15, -0.1) is 11.3 Å². The fourth-order valence-electron chi connectivity index (χ4n) is 2.81. The van der Waals surface area contributed by atoms with E-state index in [9.17, 15) is 14.7 Å². The van der Waals surface area contributed by atoms with Crippen LogP contribution in [0, 0.1) is 0 Å². The Morgan fingerprint density at radius 3 is 2.57 bits per heavy atom. The number of carboxylic acids is 1. The molecular weight excluding hydrogens is 310 g/mol. The van der Waals surface area contributed by atoms with Crippen LogP contribution in [0.1, 0.15) is 10.4 Å². The smallest absolute Gasteiger partial charge is 0.337 e. The summed E-state index contributed by atoms with van der Waals surface area (Å²) in [5, 5.41) is 12.4. The van der Waals surface area contributed by atoms with Crippen LogP contribution in [0.4, 0.5) is 0 Å². The predicted octanol–water partition coefficient (Wildman–Crippen LogP) is 3.88. The lowest BCUT2D eigenvalue weighted by atomic mass is 10.0. The van der Waals surface area contributed by atoms with Gasteiger partial charge in [-0.3, -0.25) is 9.20 Å². The molecule has 0 aliphatic rings. The molecule has 0 spiro atoms. The Labute approximate surface area is 134 Å². The molecular formula is C18H11NO3S. The van der Waals surface area contributed by atoms with Gasteiger partial charge in [-0.25, -0.2) is 4.79 Å². The minimum absolute atomic E-state index is 0.136. The molecule has 4 rings (SSSR count). The summed E-state index contributed by atoms with van der Waals surface area (Å²) < 4.78 is 2.21. The Morgan fingerprint density at radius 1 is 1.04 bits per heavy atom. The quantitative estimate of drug-likeness (QED) is 0.609. The Kier molecular flexibility index (Phi) is 3.02. The SMILES string of the molecule is O=C(O)c1ccc(=O)n2ccc3c(-c4ccccc4)csc3c12. The molecule has 4 aromatic rings. The number of pyridine rings is 2. The summed E-state index contributed by atoms with van der Waals surface area (Å²) in [7, 11) is 0. The lowest BCUT2D eigenvalue weighted by molar-refractivity contribution is 0.0698. The predicted molar refractivity (Wildman–Crippen MR) is 91.4 cm³/mol. The molecule has 0 unspecified atom stereocenters. The van der Waals surface area contributed by atoms with Crippen molar-refractivity contribution in [2.24, 2.45) is 0 Å². The third-order valence-electron chi connectivity index (χ3n) is 3.88. The van der Waals surface area contributed by atoms with Crippen molar-refractivity contribution in [3.05, 3.63) is 76.0 Å². The van der Waals surface area contributed by atoms with Crippen molar-refractivity contribution in [2.75, 3.05) is 0 Å². The number of thiophene rings is 1. The van der Waals surface area contributed by atoms with E-state index in [1.165, 1.54) is 27.9 Å². The maximum absolute atomic E-state index is 12.0. The minimum Gasteiger partial charge on any atom is -0.478 e. The average Bonchev–Trinajstić information content (AvgIpc) is 3.00. The van der Waals surface area contributed by atoms with E-state index >= 15 is 0 Å². The maximum Gasteiger partial charge on any atom is 0.337 e. The number of fused-ring (bicyclic) bond motifs is 3. The summed E-state index contributed by atoms with van der Waals surface area (Å²) >= 11 is 1.46. The van der Waals surface area contributed by atoms with Gasteiger partial charge in [0.1, 0.15) is 0 Å². The van der Waals surface area contributed by atoms with Crippen molar-refractivity contribution >= 4 is 32.9 Å². The molecule has 4 nitrogen and oxygen atoms in total. The van der Waals surface area contributed by atoms with Crippen molar-refractivity contribution in [3.63, 3.8) is 0 Å². The standard InChI is InChI=1S/C18H11NO3S/c20-15-7-6-13(18(21)22)16-17-12(8-9-19(15)16)14(10-23-17)11-4-2-1-3-5-11/h1-10H,(H,21,22). The van der Waals surface area contributed by atoms with Crippen LogP contribution in [0.25, 0.3) is 26.7 Å². The number of carboxylic acid groups (broad SMARTS) is 1. The van der Waals surface area contributed by atoms with Gasteiger partial charge in [-0.1, -0.05) is 30.3 Å². The second-order valence-corrected chi connectivity index (χ2v) is 6.06. The van der Waals surface area contributed by atoms with Crippen LogP contribution in [0.3, 0.4) is 0 Å². The topological polar surface area (TPSA) is 58.8 Å². The van der Waals surface area contributed by atoms with Crippen LogP contribution >= 0.6 is 11.3 Å². The number of nitrogens with zero attached hydrogens (tertiary/aromatic N) is 1. The lowest BCUT2D eigenvalue weighted by Gasteiger charge is -2.06. The van der Waals surface area contributed by atoms with Crippen LogP contribution in [-0.4, -0.2) is 15.5 Å². The molecule has 3 aromatic heterocycles. The summed E-state index contributed by atoms with van der Waals surface area (Å²) in [6, 6.07) is 14.4. The maximum atomic E-state index is 12.0.